The fourth-order valence-corrected chi connectivity index (χ4v) is 8.01. The number of nitrogens with zero attached hydrogens (tertiary/aromatic N) is 3. The van der Waals surface area contributed by atoms with Gasteiger partial charge in [0.1, 0.15) is 5.82 Å². The molecule has 2 aliphatic heterocycles. The van der Waals surface area contributed by atoms with Crippen LogP contribution < -0.4 is 4.90 Å². The molecule has 4 bridgehead atoms. The number of aliphatic hydroxyl groups excluding tert-OH is 1. The number of aliphatic hydroxyl groups is 1. The van der Waals surface area contributed by atoms with Crippen LogP contribution in [0.2, 0.25) is 0 Å². The highest BCUT2D eigenvalue weighted by atomic mass is 19.4. The summed E-state index contributed by atoms with van der Waals surface area (Å²) in [5.41, 5.74) is -1.31. The average molecular weight is 450 g/mol. The smallest absolute Gasteiger partial charge is 0.393 e. The zero-order chi connectivity index (χ0) is 22.3. The number of hydrogen-bond acceptors (Lipinski definition) is 4. The van der Waals surface area contributed by atoms with Crippen molar-refractivity contribution in [3.05, 3.63) is 23.9 Å². The largest absolute Gasteiger partial charge is 0.417 e. The van der Waals surface area contributed by atoms with E-state index in [-0.39, 0.29) is 17.6 Å². The van der Waals surface area contributed by atoms with E-state index in [9.17, 15) is 23.1 Å². The van der Waals surface area contributed by atoms with Gasteiger partial charge in [-0.05, 0) is 81.3 Å². The van der Waals surface area contributed by atoms with Gasteiger partial charge in [0.05, 0.1) is 17.1 Å². The van der Waals surface area contributed by atoms with E-state index in [0.717, 1.165) is 70.2 Å². The zero-order valence-electron chi connectivity index (χ0n) is 18.2. The normalized spacial score (nSPS) is 41.2. The van der Waals surface area contributed by atoms with Gasteiger partial charge in [0.25, 0.3) is 0 Å². The molecule has 1 N–H and O–H groups in total. The second-order valence-electron chi connectivity index (χ2n) is 11.1. The highest BCUT2D eigenvalue weighted by molar-refractivity contribution is 5.86. The standard InChI is InChI=1S/C24H30F3N3O2/c25-24(26,27)18-2-3-19(28-13-18)29-6-1-4-22(14-29)5-7-30(21(22)32)23-10-15-8-16(11-23)20(31)17(9-15)12-23/h2-3,13,15-17,20,31H,1,4-12,14H2/t15?,16?,17?,20?,22-,23?/m1/s1. The number of alkyl halides is 3. The third-order valence-corrected chi connectivity index (χ3v) is 9.25. The van der Waals surface area contributed by atoms with Crippen LogP contribution in [-0.4, -0.2) is 52.2 Å². The molecule has 4 aliphatic carbocycles. The van der Waals surface area contributed by atoms with Gasteiger partial charge in [0, 0.05) is 31.4 Å². The van der Waals surface area contributed by atoms with Crippen LogP contribution in [0.5, 0.6) is 0 Å². The number of likely N-dealkylation sites (tertiary alicyclic amines) is 1. The minimum absolute atomic E-state index is 0.0921. The third-order valence-electron chi connectivity index (χ3n) is 9.25. The molecule has 1 amide bonds. The first-order chi connectivity index (χ1) is 15.2. The maximum Gasteiger partial charge on any atom is 0.417 e. The van der Waals surface area contributed by atoms with E-state index < -0.39 is 17.2 Å². The number of pyridine rings is 1. The molecule has 1 aromatic rings. The molecule has 1 spiro atoms. The van der Waals surface area contributed by atoms with E-state index >= 15 is 0 Å². The molecule has 8 heteroatoms. The summed E-state index contributed by atoms with van der Waals surface area (Å²) in [7, 11) is 0. The van der Waals surface area contributed by atoms with Crippen molar-refractivity contribution in [1.29, 1.82) is 0 Å². The summed E-state index contributed by atoms with van der Waals surface area (Å²) < 4.78 is 38.7. The first-order valence-electron chi connectivity index (χ1n) is 12.0. The number of carbonyl (C=O) groups is 1. The lowest BCUT2D eigenvalue weighted by molar-refractivity contribution is -0.167. The number of aromatic nitrogens is 1. The van der Waals surface area contributed by atoms with Crippen molar-refractivity contribution in [3.63, 3.8) is 0 Å². The van der Waals surface area contributed by atoms with Crippen LogP contribution in [0.3, 0.4) is 0 Å². The van der Waals surface area contributed by atoms with Gasteiger partial charge in [-0.1, -0.05) is 0 Å². The first-order valence-corrected chi connectivity index (χ1v) is 12.0. The lowest BCUT2D eigenvalue weighted by Crippen LogP contribution is -2.65. The van der Waals surface area contributed by atoms with Gasteiger partial charge in [-0.25, -0.2) is 4.98 Å². The van der Waals surface area contributed by atoms with Crippen LogP contribution in [0.15, 0.2) is 18.3 Å². The number of halogens is 3. The Morgan fingerprint density at radius 2 is 1.81 bits per heavy atom. The number of rotatable bonds is 2. The lowest BCUT2D eigenvalue weighted by Gasteiger charge is -2.61. The summed E-state index contributed by atoms with van der Waals surface area (Å²) >= 11 is 0. The fourth-order valence-electron chi connectivity index (χ4n) is 8.01. The van der Waals surface area contributed by atoms with Gasteiger partial charge < -0.3 is 14.9 Å². The van der Waals surface area contributed by atoms with Crippen LogP contribution in [0, 0.1) is 23.2 Å². The number of anilines is 1. The Kier molecular flexibility index (Phi) is 4.44. The minimum Gasteiger partial charge on any atom is -0.393 e. The Morgan fingerprint density at radius 1 is 1.06 bits per heavy atom. The van der Waals surface area contributed by atoms with Crippen molar-refractivity contribution in [2.75, 3.05) is 24.5 Å². The van der Waals surface area contributed by atoms with Crippen molar-refractivity contribution in [2.45, 2.75) is 69.2 Å². The minimum atomic E-state index is -4.40. The molecule has 6 fully saturated rings. The SMILES string of the molecule is O=C1N(C23CC4CC(C2)C(O)C(C4)C3)CC[C@@]12CCCN(c1ccc(C(F)(F)F)cn1)C2. The number of carbonyl (C=O) groups excluding carboxylic acids is 1. The van der Waals surface area contributed by atoms with Crippen molar-refractivity contribution in [1.82, 2.24) is 9.88 Å². The average Bonchev–Trinajstić information content (AvgIpc) is 3.07. The molecule has 3 atom stereocenters. The van der Waals surface area contributed by atoms with Gasteiger partial charge in [0.15, 0.2) is 0 Å². The molecule has 3 heterocycles. The zero-order valence-corrected chi connectivity index (χ0v) is 18.2. The van der Waals surface area contributed by atoms with E-state index in [1.165, 1.54) is 6.07 Å². The summed E-state index contributed by atoms with van der Waals surface area (Å²) in [6.45, 7) is 1.99. The van der Waals surface area contributed by atoms with E-state index in [1.807, 2.05) is 4.90 Å². The summed E-state index contributed by atoms with van der Waals surface area (Å²) in [4.78, 5) is 22.2. The van der Waals surface area contributed by atoms with Gasteiger partial charge in [-0.3, -0.25) is 4.79 Å². The predicted molar refractivity (Wildman–Crippen MR) is 112 cm³/mol. The van der Waals surface area contributed by atoms with E-state index in [2.05, 4.69) is 9.88 Å². The maximum absolute atomic E-state index is 13.9. The molecule has 6 aliphatic rings. The topological polar surface area (TPSA) is 56.7 Å². The predicted octanol–water partition coefficient (Wildman–Crippen LogP) is 3.86. The van der Waals surface area contributed by atoms with E-state index in [1.54, 1.807) is 0 Å². The molecular weight excluding hydrogens is 419 g/mol. The van der Waals surface area contributed by atoms with Crippen molar-refractivity contribution >= 4 is 11.7 Å². The molecule has 174 valence electrons. The van der Waals surface area contributed by atoms with Gasteiger partial charge >= 0.3 is 6.18 Å². The Morgan fingerprint density at radius 3 is 2.47 bits per heavy atom. The van der Waals surface area contributed by atoms with Crippen LogP contribution in [0.4, 0.5) is 19.0 Å². The van der Waals surface area contributed by atoms with Crippen LogP contribution >= 0.6 is 0 Å². The number of hydrogen-bond donors (Lipinski definition) is 1. The summed E-state index contributed by atoms with van der Waals surface area (Å²) in [5, 5.41) is 10.6. The van der Waals surface area contributed by atoms with Crippen molar-refractivity contribution in [2.24, 2.45) is 23.2 Å². The Bertz CT molecular complexity index is 904. The quantitative estimate of drug-likeness (QED) is 0.745. The first kappa shape index (κ1) is 20.8. The van der Waals surface area contributed by atoms with Gasteiger partial charge in [-0.2, -0.15) is 13.2 Å². The molecule has 2 saturated heterocycles. The van der Waals surface area contributed by atoms with Crippen molar-refractivity contribution in [3.8, 4) is 0 Å². The molecule has 7 rings (SSSR count). The van der Waals surface area contributed by atoms with Crippen LogP contribution in [0.25, 0.3) is 0 Å². The molecule has 0 radical (unpaired) electrons. The third kappa shape index (κ3) is 3.01. The summed E-state index contributed by atoms with van der Waals surface area (Å²) in [5.74, 6) is 2.01. The molecular formula is C24H30F3N3O2. The van der Waals surface area contributed by atoms with Gasteiger partial charge in [-0.15, -0.1) is 0 Å². The highest BCUT2D eigenvalue weighted by Crippen LogP contribution is 2.59. The molecule has 1 aromatic heterocycles. The number of piperidine rings is 1. The Labute approximate surface area is 186 Å². The summed E-state index contributed by atoms with van der Waals surface area (Å²) in [6.07, 6.45) is 3.85. The monoisotopic (exact) mass is 449 g/mol. The molecule has 2 unspecified atom stereocenters. The van der Waals surface area contributed by atoms with Gasteiger partial charge in [0.2, 0.25) is 5.91 Å². The summed E-state index contributed by atoms with van der Waals surface area (Å²) in [6, 6.07) is 2.51. The van der Waals surface area contributed by atoms with E-state index in [0.29, 0.717) is 36.7 Å². The molecule has 4 saturated carbocycles. The Balaban J connectivity index is 1.22. The molecule has 5 nitrogen and oxygen atoms in total. The van der Waals surface area contributed by atoms with E-state index in [4.69, 9.17) is 0 Å². The lowest BCUT2D eigenvalue weighted by atomic mass is 9.51. The maximum atomic E-state index is 13.9. The second-order valence-corrected chi connectivity index (χ2v) is 11.1. The van der Waals surface area contributed by atoms with Crippen LogP contribution in [-0.2, 0) is 11.0 Å². The highest BCUT2D eigenvalue weighted by Gasteiger charge is 2.62. The molecule has 32 heavy (non-hydrogen) atoms. The van der Waals surface area contributed by atoms with Crippen molar-refractivity contribution < 1.29 is 23.1 Å². The number of amides is 1. The Hall–Kier alpha value is -1.83. The van der Waals surface area contributed by atoms with Crippen LogP contribution in [0.1, 0.15) is 56.9 Å². The molecule has 0 aromatic carbocycles. The second kappa shape index (κ2) is 6.84. The fraction of sp³-hybridized carbons (Fsp3) is 0.750.